The Morgan fingerprint density at radius 1 is 1.07 bits per heavy atom. The molecule has 2 aromatic carbocycles. The number of benzene rings is 2. The second-order valence-electron chi connectivity index (χ2n) is 9.55. The Hall–Kier alpha value is -3.57. The molecule has 226 valence electrons. The smallest absolute Gasteiger partial charge is 0.253 e. The maximum absolute atomic E-state index is 12.9. The first-order valence-corrected chi connectivity index (χ1v) is 14.3. The van der Waals surface area contributed by atoms with Gasteiger partial charge in [-0.3, -0.25) is 18.8 Å². The van der Waals surface area contributed by atoms with Crippen LogP contribution in [0.1, 0.15) is 27.2 Å². The van der Waals surface area contributed by atoms with E-state index in [-0.39, 0.29) is 42.4 Å². The molecule has 3 amide bonds. The lowest BCUT2D eigenvalue weighted by Gasteiger charge is -2.21. The highest BCUT2D eigenvalue weighted by atomic mass is 79.9. The minimum Gasteiger partial charge on any atom is -0.489 e. The lowest BCUT2D eigenvalue weighted by atomic mass is 10.1. The van der Waals surface area contributed by atoms with Crippen LogP contribution < -0.4 is 15.0 Å². The van der Waals surface area contributed by atoms with Crippen LogP contribution in [-0.2, 0) is 16.2 Å². The molecule has 0 spiro atoms. The van der Waals surface area contributed by atoms with E-state index < -0.39 is 5.91 Å². The number of amides is 3. The van der Waals surface area contributed by atoms with Crippen molar-refractivity contribution in [1.82, 2.24) is 19.6 Å². The van der Waals surface area contributed by atoms with Crippen molar-refractivity contribution in [3.8, 4) is 5.75 Å². The van der Waals surface area contributed by atoms with E-state index >= 15 is 0 Å². The average molecular weight is 710 g/mol. The van der Waals surface area contributed by atoms with Gasteiger partial charge in [0.2, 0.25) is 11.8 Å². The molecule has 4 aromatic rings. The Bertz CT molecular complexity index is 1690. The number of rotatable bonds is 9. The monoisotopic (exact) mass is 707 g/mol. The predicted molar refractivity (Wildman–Crippen MR) is 176 cm³/mol. The minimum absolute atomic E-state index is 0. The van der Waals surface area contributed by atoms with Crippen molar-refractivity contribution in [3.63, 3.8) is 0 Å². The molecule has 0 saturated carbocycles. The SMILES string of the molecule is Cc1nc2cc(OCc3c(Cl)ccc(N(C)C(=O)CNC(=O)/C=C/c4ccc(C(=O)N(C)C)cc4)c3Cl)ccn2c1Br.Cl. The topological polar surface area (TPSA) is 96.2 Å². The largest absolute Gasteiger partial charge is 0.489 e. The molecule has 1 N–H and O–H groups in total. The summed E-state index contributed by atoms with van der Waals surface area (Å²) in [5.74, 6) is -0.360. The third kappa shape index (κ3) is 8.08. The molecule has 2 heterocycles. The van der Waals surface area contributed by atoms with Crippen molar-refractivity contribution < 1.29 is 19.1 Å². The standard InChI is InChI=1S/C30H28BrCl2N5O4.ClH/c1-18-29(31)38-14-13-21(15-25(38)35-18)42-17-22-23(32)10-11-24(28(22)33)37(4)27(40)16-34-26(39)12-7-19-5-8-20(9-6-19)30(41)36(2)3;/h5-15H,16-17H2,1-4H3,(H,34,39);1H/b12-7+;. The number of aryl methyl sites for hydroxylation is 1. The summed E-state index contributed by atoms with van der Waals surface area (Å²) in [7, 11) is 4.92. The van der Waals surface area contributed by atoms with Crippen molar-refractivity contribution in [2.24, 2.45) is 0 Å². The Labute approximate surface area is 274 Å². The van der Waals surface area contributed by atoms with Crippen LogP contribution in [0.5, 0.6) is 5.75 Å². The second-order valence-corrected chi connectivity index (χ2v) is 11.1. The highest BCUT2D eigenvalue weighted by molar-refractivity contribution is 9.10. The molecule has 2 aromatic heterocycles. The van der Waals surface area contributed by atoms with E-state index in [1.54, 1.807) is 75.7 Å². The summed E-state index contributed by atoms with van der Waals surface area (Å²) in [5, 5.41) is 3.23. The molecule has 9 nitrogen and oxygen atoms in total. The van der Waals surface area contributed by atoms with Crippen molar-refractivity contribution in [3.05, 3.63) is 97.8 Å². The summed E-state index contributed by atoms with van der Waals surface area (Å²) in [6.07, 6.45) is 4.76. The fourth-order valence-corrected chi connectivity index (χ4v) is 4.97. The summed E-state index contributed by atoms with van der Waals surface area (Å²) in [5.41, 5.74) is 3.80. The fraction of sp³-hybridized carbons (Fsp3) is 0.200. The molecular formula is C30H29BrCl3N5O4. The normalized spacial score (nSPS) is 10.9. The molecule has 0 aliphatic rings. The molecule has 0 atom stereocenters. The summed E-state index contributed by atoms with van der Waals surface area (Å²) >= 11 is 16.6. The summed E-state index contributed by atoms with van der Waals surface area (Å²) in [4.78, 5) is 44.5. The number of ether oxygens (including phenoxy) is 1. The van der Waals surface area contributed by atoms with E-state index in [1.165, 1.54) is 15.9 Å². The highest BCUT2D eigenvalue weighted by Crippen LogP contribution is 2.35. The van der Waals surface area contributed by atoms with Crippen LogP contribution in [0.2, 0.25) is 10.0 Å². The number of carbonyl (C=O) groups excluding carboxylic acids is 3. The van der Waals surface area contributed by atoms with Crippen molar-refractivity contribution in [2.75, 3.05) is 32.6 Å². The Morgan fingerprint density at radius 2 is 1.77 bits per heavy atom. The molecule has 43 heavy (non-hydrogen) atoms. The van der Waals surface area contributed by atoms with Gasteiger partial charge in [0.25, 0.3) is 5.91 Å². The lowest BCUT2D eigenvalue weighted by molar-refractivity contribution is -0.122. The van der Waals surface area contributed by atoms with Gasteiger partial charge in [0, 0.05) is 55.6 Å². The van der Waals surface area contributed by atoms with Gasteiger partial charge in [0.05, 0.1) is 22.9 Å². The van der Waals surface area contributed by atoms with Gasteiger partial charge in [-0.25, -0.2) is 4.98 Å². The highest BCUT2D eigenvalue weighted by Gasteiger charge is 2.19. The Morgan fingerprint density at radius 3 is 2.44 bits per heavy atom. The molecule has 0 bridgehead atoms. The molecular weight excluding hydrogens is 681 g/mol. The number of pyridine rings is 1. The number of aromatic nitrogens is 2. The number of anilines is 1. The van der Waals surface area contributed by atoms with Gasteiger partial charge in [-0.15, -0.1) is 12.4 Å². The number of halogens is 4. The number of fused-ring (bicyclic) bond motifs is 1. The van der Waals surface area contributed by atoms with Crippen LogP contribution in [-0.4, -0.2) is 59.7 Å². The van der Waals surface area contributed by atoms with Gasteiger partial charge in [-0.05, 0) is 64.8 Å². The first-order chi connectivity index (χ1) is 20.0. The van der Waals surface area contributed by atoms with Crippen molar-refractivity contribution in [1.29, 1.82) is 0 Å². The van der Waals surface area contributed by atoms with Crippen LogP contribution in [0.25, 0.3) is 11.7 Å². The zero-order chi connectivity index (χ0) is 30.6. The molecule has 0 aliphatic heterocycles. The van der Waals surface area contributed by atoms with Crippen LogP contribution in [0.3, 0.4) is 0 Å². The number of likely N-dealkylation sites (N-methyl/N-ethyl adjacent to an activating group) is 1. The number of hydrogen-bond acceptors (Lipinski definition) is 5. The first kappa shape index (κ1) is 33.9. The van der Waals surface area contributed by atoms with E-state index in [9.17, 15) is 14.4 Å². The van der Waals surface area contributed by atoms with Gasteiger partial charge >= 0.3 is 0 Å². The van der Waals surface area contributed by atoms with Crippen molar-refractivity contribution >= 4 is 86.7 Å². The van der Waals surface area contributed by atoms with Crippen molar-refractivity contribution in [2.45, 2.75) is 13.5 Å². The number of hydrogen-bond donors (Lipinski definition) is 1. The molecule has 0 unspecified atom stereocenters. The average Bonchev–Trinajstić information content (AvgIpc) is 3.26. The van der Waals surface area contributed by atoms with Crippen LogP contribution in [0.15, 0.2) is 65.4 Å². The third-order valence-corrected chi connectivity index (χ3v) is 8.12. The lowest BCUT2D eigenvalue weighted by Crippen LogP contribution is -2.37. The van der Waals surface area contributed by atoms with E-state index in [0.29, 0.717) is 27.6 Å². The van der Waals surface area contributed by atoms with Gasteiger partial charge in [-0.2, -0.15) is 0 Å². The number of carbonyl (C=O) groups is 3. The maximum atomic E-state index is 12.9. The van der Waals surface area contributed by atoms with E-state index in [1.807, 2.05) is 17.5 Å². The van der Waals surface area contributed by atoms with E-state index in [4.69, 9.17) is 27.9 Å². The van der Waals surface area contributed by atoms with Gasteiger partial charge in [0.15, 0.2) is 0 Å². The van der Waals surface area contributed by atoms with Gasteiger partial charge in [0.1, 0.15) is 22.6 Å². The molecule has 0 radical (unpaired) electrons. The zero-order valence-corrected chi connectivity index (χ0v) is 27.6. The second kappa shape index (κ2) is 14.7. The summed E-state index contributed by atoms with van der Waals surface area (Å²) in [6.45, 7) is 1.72. The maximum Gasteiger partial charge on any atom is 0.253 e. The molecule has 0 aliphatic carbocycles. The number of nitrogens with zero attached hydrogens (tertiary/aromatic N) is 4. The van der Waals surface area contributed by atoms with Gasteiger partial charge < -0.3 is 19.9 Å². The molecule has 4 rings (SSSR count). The summed E-state index contributed by atoms with van der Waals surface area (Å²) in [6, 6.07) is 13.7. The molecule has 0 saturated heterocycles. The fourth-order valence-electron chi connectivity index (χ4n) is 3.98. The quantitative estimate of drug-likeness (QED) is 0.209. The Balaban J connectivity index is 0.00000506. The zero-order valence-electron chi connectivity index (χ0n) is 23.7. The molecule has 13 heteroatoms. The van der Waals surface area contributed by atoms with E-state index in [2.05, 4.69) is 26.2 Å². The minimum atomic E-state index is -0.446. The van der Waals surface area contributed by atoms with Crippen LogP contribution in [0.4, 0.5) is 5.69 Å². The number of imidazole rings is 1. The van der Waals surface area contributed by atoms with Gasteiger partial charge in [-0.1, -0.05) is 35.3 Å². The van der Waals surface area contributed by atoms with E-state index in [0.717, 1.165) is 21.5 Å². The predicted octanol–water partition coefficient (Wildman–Crippen LogP) is 6.21. The number of nitrogens with one attached hydrogen (secondary N) is 1. The van der Waals surface area contributed by atoms with Crippen LogP contribution >= 0.6 is 51.5 Å². The Kier molecular flexibility index (Phi) is 11.6. The van der Waals surface area contributed by atoms with Crippen LogP contribution in [0, 0.1) is 6.92 Å². The summed E-state index contributed by atoms with van der Waals surface area (Å²) < 4.78 is 8.71. The first-order valence-electron chi connectivity index (χ1n) is 12.7. The molecule has 0 fully saturated rings. The third-order valence-electron chi connectivity index (χ3n) is 6.39.